The molecule has 1 unspecified atom stereocenters. The highest BCUT2D eigenvalue weighted by molar-refractivity contribution is 5.80. The molecule has 5 nitrogen and oxygen atoms in total. The van der Waals surface area contributed by atoms with E-state index in [9.17, 15) is 9.90 Å². The minimum atomic E-state index is -0.920. The summed E-state index contributed by atoms with van der Waals surface area (Å²) in [6.07, 6.45) is 1.92. The largest absolute Gasteiger partial charge is 0.480 e. The molecule has 2 N–H and O–H groups in total. The smallest absolute Gasteiger partial charge is 0.326 e. The predicted molar refractivity (Wildman–Crippen MR) is 73.3 cm³/mol. The van der Waals surface area contributed by atoms with Crippen LogP contribution >= 0.6 is 0 Å². The van der Waals surface area contributed by atoms with Crippen LogP contribution in [-0.4, -0.2) is 48.6 Å². The van der Waals surface area contributed by atoms with Gasteiger partial charge in [0, 0.05) is 0 Å². The van der Waals surface area contributed by atoms with Gasteiger partial charge in [0.15, 0.2) is 0 Å². The number of hydrogen-bond acceptors (Lipinski definition) is 4. The van der Waals surface area contributed by atoms with Gasteiger partial charge >= 0.3 is 5.97 Å². The van der Waals surface area contributed by atoms with Crippen molar-refractivity contribution in [2.24, 2.45) is 5.92 Å². The summed E-state index contributed by atoms with van der Waals surface area (Å²) in [5.41, 5.74) is -1.11. The lowest BCUT2D eigenvalue weighted by Gasteiger charge is -2.30. The molecule has 0 aromatic heterocycles. The van der Waals surface area contributed by atoms with Gasteiger partial charge in [0.2, 0.25) is 0 Å². The molecular formula is C14H27NO4. The van der Waals surface area contributed by atoms with Crippen LogP contribution in [0.25, 0.3) is 0 Å². The Morgan fingerprint density at radius 1 is 1.32 bits per heavy atom. The molecule has 0 heterocycles. The third kappa shape index (κ3) is 5.09. The van der Waals surface area contributed by atoms with E-state index in [0.717, 1.165) is 12.8 Å². The zero-order valence-corrected chi connectivity index (χ0v) is 12.5. The lowest BCUT2D eigenvalue weighted by atomic mass is 9.94. The number of aliphatic carboxylic acids is 1. The van der Waals surface area contributed by atoms with Crippen molar-refractivity contribution in [2.75, 3.05) is 26.4 Å². The second-order valence-electron chi connectivity index (χ2n) is 6.09. The fourth-order valence-corrected chi connectivity index (χ4v) is 2.16. The average molecular weight is 273 g/mol. The molecule has 19 heavy (non-hydrogen) atoms. The maximum Gasteiger partial charge on any atom is 0.326 e. The third-order valence-electron chi connectivity index (χ3n) is 3.24. The second kappa shape index (κ2) is 6.68. The normalized spacial score (nSPS) is 19.2. The van der Waals surface area contributed by atoms with E-state index in [-0.39, 0.29) is 18.1 Å². The maximum absolute atomic E-state index is 11.5. The van der Waals surface area contributed by atoms with Crippen molar-refractivity contribution < 1.29 is 19.4 Å². The topological polar surface area (TPSA) is 67.8 Å². The van der Waals surface area contributed by atoms with E-state index in [4.69, 9.17) is 9.47 Å². The Kier molecular flexibility index (Phi) is 5.77. The summed E-state index contributed by atoms with van der Waals surface area (Å²) < 4.78 is 11.1. The molecule has 1 atom stereocenters. The number of hydrogen-bond donors (Lipinski definition) is 2. The molecule has 1 aliphatic rings. The van der Waals surface area contributed by atoms with E-state index >= 15 is 0 Å². The Balaban J connectivity index is 2.39. The number of rotatable bonds is 9. The predicted octanol–water partition coefficient (Wildman–Crippen LogP) is 1.66. The van der Waals surface area contributed by atoms with Crippen LogP contribution in [0.5, 0.6) is 0 Å². The molecule has 0 amide bonds. The summed E-state index contributed by atoms with van der Waals surface area (Å²) in [5.74, 6) is -0.623. The molecule has 0 aromatic rings. The van der Waals surface area contributed by atoms with Gasteiger partial charge < -0.3 is 14.6 Å². The molecule has 5 heteroatoms. The molecule has 1 aliphatic carbocycles. The van der Waals surface area contributed by atoms with Crippen molar-refractivity contribution in [2.45, 2.75) is 51.7 Å². The van der Waals surface area contributed by atoms with Crippen molar-refractivity contribution in [3.05, 3.63) is 0 Å². The molecule has 112 valence electrons. The number of carboxylic acid groups (broad SMARTS) is 1. The molecule has 1 saturated carbocycles. The summed E-state index contributed by atoms with van der Waals surface area (Å²) >= 11 is 0. The van der Waals surface area contributed by atoms with E-state index in [2.05, 4.69) is 5.32 Å². The van der Waals surface area contributed by atoms with E-state index < -0.39 is 11.5 Å². The molecular weight excluding hydrogens is 246 g/mol. The molecule has 0 saturated heterocycles. The van der Waals surface area contributed by atoms with Gasteiger partial charge in [-0.05, 0) is 46.1 Å². The van der Waals surface area contributed by atoms with Crippen molar-refractivity contribution in [3.8, 4) is 0 Å². The molecule has 0 aromatic carbocycles. The van der Waals surface area contributed by atoms with Crippen LogP contribution < -0.4 is 5.32 Å². The van der Waals surface area contributed by atoms with Gasteiger partial charge in [0.05, 0.1) is 25.4 Å². The van der Waals surface area contributed by atoms with Crippen molar-refractivity contribution in [3.63, 3.8) is 0 Å². The van der Waals surface area contributed by atoms with Crippen LogP contribution in [0.2, 0.25) is 0 Å². The molecule has 1 fully saturated rings. The minimum Gasteiger partial charge on any atom is -0.480 e. The van der Waals surface area contributed by atoms with Gasteiger partial charge in [-0.2, -0.15) is 0 Å². The molecule has 0 spiro atoms. The standard InChI is InChI=1S/C14H27NO4/c1-5-15-14(12(16)17,11-6-7-11)10-18-8-9-19-13(2,3)4/h11,15H,5-10H2,1-4H3,(H,16,17). The zero-order valence-electron chi connectivity index (χ0n) is 12.5. The number of likely N-dealkylation sites (N-methyl/N-ethyl adjacent to an activating group) is 1. The first-order valence-corrected chi connectivity index (χ1v) is 7.02. The quantitative estimate of drug-likeness (QED) is 0.625. The third-order valence-corrected chi connectivity index (χ3v) is 3.24. The van der Waals surface area contributed by atoms with Gasteiger partial charge in [-0.1, -0.05) is 6.92 Å². The summed E-state index contributed by atoms with van der Waals surface area (Å²) in [7, 11) is 0. The molecule has 0 bridgehead atoms. The monoisotopic (exact) mass is 273 g/mol. The SMILES string of the molecule is CCNC(COCCOC(C)(C)C)(C(=O)O)C1CC1. The van der Waals surface area contributed by atoms with Crippen LogP contribution in [0.4, 0.5) is 0 Å². The van der Waals surface area contributed by atoms with Gasteiger partial charge in [-0.3, -0.25) is 10.1 Å². The highest BCUT2D eigenvalue weighted by atomic mass is 16.5. The summed E-state index contributed by atoms with van der Waals surface area (Å²) in [4.78, 5) is 11.5. The molecule has 1 rings (SSSR count). The zero-order chi connectivity index (χ0) is 14.5. The Bertz CT molecular complexity index is 296. The Labute approximate surface area is 115 Å². The lowest BCUT2D eigenvalue weighted by Crippen LogP contribution is -2.57. The molecule has 0 aliphatic heterocycles. The van der Waals surface area contributed by atoms with Crippen molar-refractivity contribution in [1.82, 2.24) is 5.32 Å². The number of carbonyl (C=O) groups is 1. The van der Waals surface area contributed by atoms with Crippen LogP contribution in [0.1, 0.15) is 40.5 Å². The fourth-order valence-electron chi connectivity index (χ4n) is 2.16. The summed E-state index contributed by atoms with van der Waals surface area (Å²) in [5, 5.41) is 12.6. The van der Waals surface area contributed by atoms with Gasteiger partial charge in [0.25, 0.3) is 0 Å². The first kappa shape index (κ1) is 16.4. The fraction of sp³-hybridized carbons (Fsp3) is 0.929. The highest BCUT2D eigenvalue weighted by Gasteiger charge is 2.51. The van der Waals surface area contributed by atoms with Crippen molar-refractivity contribution >= 4 is 5.97 Å². The van der Waals surface area contributed by atoms with Gasteiger partial charge in [0.1, 0.15) is 5.54 Å². The van der Waals surface area contributed by atoms with E-state index in [0.29, 0.717) is 19.8 Å². The Morgan fingerprint density at radius 3 is 2.37 bits per heavy atom. The number of ether oxygens (including phenoxy) is 2. The van der Waals surface area contributed by atoms with Crippen LogP contribution in [0, 0.1) is 5.92 Å². The van der Waals surface area contributed by atoms with E-state index in [1.807, 2.05) is 27.7 Å². The number of carboxylic acids is 1. The first-order chi connectivity index (χ1) is 8.82. The van der Waals surface area contributed by atoms with Crippen LogP contribution in [0.3, 0.4) is 0 Å². The van der Waals surface area contributed by atoms with Crippen LogP contribution in [-0.2, 0) is 14.3 Å². The lowest BCUT2D eigenvalue weighted by molar-refractivity contribution is -0.150. The second-order valence-corrected chi connectivity index (χ2v) is 6.09. The highest BCUT2D eigenvalue weighted by Crippen LogP contribution is 2.40. The summed E-state index contributed by atoms with van der Waals surface area (Å²) in [6, 6.07) is 0. The van der Waals surface area contributed by atoms with Crippen molar-refractivity contribution in [1.29, 1.82) is 0 Å². The Morgan fingerprint density at radius 2 is 1.95 bits per heavy atom. The first-order valence-electron chi connectivity index (χ1n) is 7.02. The maximum atomic E-state index is 11.5. The van der Waals surface area contributed by atoms with Crippen LogP contribution in [0.15, 0.2) is 0 Å². The van der Waals surface area contributed by atoms with Gasteiger partial charge in [-0.25, -0.2) is 0 Å². The number of nitrogens with one attached hydrogen (secondary N) is 1. The van der Waals surface area contributed by atoms with E-state index in [1.165, 1.54) is 0 Å². The summed E-state index contributed by atoms with van der Waals surface area (Å²) in [6.45, 7) is 9.61. The van der Waals surface area contributed by atoms with Gasteiger partial charge in [-0.15, -0.1) is 0 Å². The Hall–Kier alpha value is -0.650. The minimum absolute atomic E-state index is 0.188. The van der Waals surface area contributed by atoms with E-state index in [1.54, 1.807) is 0 Å². The molecule has 0 radical (unpaired) electrons. The average Bonchev–Trinajstić information content (AvgIpc) is 3.09.